The summed E-state index contributed by atoms with van der Waals surface area (Å²) in [5.41, 5.74) is 1.61. The summed E-state index contributed by atoms with van der Waals surface area (Å²) in [6, 6.07) is 13.5. The van der Waals surface area contributed by atoms with Crippen molar-refractivity contribution in [2.75, 3.05) is 43.4 Å². The quantitative estimate of drug-likeness (QED) is 0.942. The second kappa shape index (κ2) is 6.47. The van der Waals surface area contributed by atoms with Crippen LogP contribution >= 0.6 is 0 Å². The van der Waals surface area contributed by atoms with Crippen LogP contribution in [0, 0.1) is 0 Å². The lowest BCUT2D eigenvalue weighted by atomic mass is 10.1. The zero-order valence-corrected chi connectivity index (χ0v) is 12.7. The summed E-state index contributed by atoms with van der Waals surface area (Å²) in [4.78, 5) is 21.2. The van der Waals surface area contributed by atoms with E-state index in [1.165, 1.54) is 0 Å². The van der Waals surface area contributed by atoms with Gasteiger partial charge in [-0.05, 0) is 24.3 Å². The van der Waals surface area contributed by atoms with Crippen molar-refractivity contribution in [1.29, 1.82) is 0 Å². The SMILES string of the molecule is CNc1ccccc1C(=O)N1CCN(c2ccccn2)CC1. The van der Waals surface area contributed by atoms with E-state index in [0.29, 0.717) is 13.1 Å². The van der Waals surface area contributed by atoms with Crippen LogP contribution < -0.4 is 10.2 Å². The third-order valence-electron chi connectivity index (χ3n) is 3.97. The molecule has 2 aromatic rings. The van der Waals surface area contributed by atoms with Crippen LogP contribution in [0.4, 0.5) is 11.5 Å². The molecule has 5 heteroatoms. The zero-order valence-electron chi connectivity index (χ0n) is 12.7. The normalized spacial score (nSPS) is 14.8. The van der Waals surface area contributed by atoms with Gasteiger partial charge in [-0.1, -0.05) is 18.2 Å². The summed E-state index contributed by atoms with van der Waals surface area (Å²) in [5.74, 6) is 1.07. The number of nitrogens with one attached hydrogen (secondary N) is 1. The first-order valence-corrected chi connectivity index (χ1v) is 7.51. The van der Waals surface area contributed by atoms with Crippen molar-refractivity contribution in [1.82, 2.24) is 9.88 Å². The van der Waals surface area contributed by atoms with Gasteiger partial charge in [0.25, 0.3) is 5.91 Å². The topological polar surface area (TPSA) is 48.5 Å². The lowest BCUT2D eigenvalue weighted by molar-refractivity contribution is 0.0747. The number of para-hydroxylation sites is 1. The fourth-order valence-electron chi connectivity index (χ4n) is 2.74. The molecule has 22 heavy (non-hydrogen) atoms. The number of pyridine rings is 1. The van der Waals surface area contributed by atoms with Crippen molar-refractivity contribution in [2.45, 2.75) is 0 Å². The second-order valence-electron chi connectivity index (χ2n) is 5.26. The summed E-state index contributed by atoms with van der Waals surface area (Å²) in [5, 5.41) is 3.08. The van der Waals surface area contributed by atoms with Gasteiger partial charge in [-0.3, -0.25) is 4.79 Å². The molecule has 114 valence electrons. The Balaban J connectivity index is 1.67. The minimum absolute atomic E-state index is 0.0885. The van der Waals surface area contributed by atoms with Crippen molar-refractivity contribution >= 4 is 17.4 Å². The Morgan fingerprint density at radius 3 is 2.45 bits per heavy atom. The predicted octanol–water partition coefficient (Wildman–Crippen LogP) is 2.09. The summed E-state index contributed by atoms with van der Waals surface area (Å²) >= 11 is 0. The van der Waals surface area contributed by atoms with Crippen molar-refractivity contribution in [3.63, 3.8) is 0 Å². The second-order valence-corrected chi connectivity index (χ2v) is 5.26. The zero-order chi connectivity index (χ0) is 15.4. The van der Waals surface area contributed by atoms with Crippen molar-refractivity contribution in [3.8, 4) is 0 Å². The summed E-state index contributed by atoms with van der Waals surface area (Å²) in [6.45, 7) is 3.05. The van der Waals surface area contributed by atoms with E-state index < -0.39 is 0 Å². The van der Waals surface area contributed by atoms with E-state index in [1.807, 2.05) is 54.4 Å². The van der Waals surface area contributed by atoms with Crippen molar-refractivity contribution in [2.24, 2.45) is 0 Å². The number of piperazine rings is 1. The molecule has 0 radical (unpaired) electrons. The van der Waals surface area contributed by atoms with E-state index in [0.717, 1.165) is 30.2 Å². The van der Waals surface area contributed by atoms with Gasteiger partial charge in [0.1, 0.15) is 5.82 Å². The average molecular weight is 296 g/mol. The highest BCUT2D eigenvalue weighted by Gasteiger charge is 2.23. The van der Waals surface area contributed by atoms with Gasteiger partial charge in [0.2, 0.25) is 0 Å². The fourth-order valence-corrected chi connectivity index (χ4v) is 2.74. The Kier molecular flexibility index (Phi) is 4.23. The molecule has 1 aromatic carbocycles. The van der Waals surface area contributed by atoms with Gasteiger partial charge in [0.15, 0.2) is 0 Å². The highest BCUT2D eigenvalue weighted by Crippen LogP contribution is 2.19. The first-order chi connectivity index (χ1) is 10.8. The van der Waals surface area contributed by atoms with Crippen LogP contribution in [0.15, 0.2) is 48.7 Å². The number of amides is 1. The number of carbonyl (C=O) groups is 1. The molecular formula is C17H20N4O. The molecule has 1 fully saturated rings. The molecule has 0 unspecified atom stereocenters. The van der Waals surface area contributed by atoms with Gasteiger partial charge in [-0.25, -0.2) is 4.98 Å². The monoisotopic (exact) mass is 296 g/mol. The maximum Gasteiger partial charge on any atom is 0.256 e. The number of nitrogens with zero attached hydrogens (tertiary/aromatic N) is 3. The number of benzene rings is 1. The van der Waals surface area contributed by atoms with Gasteiger partial charge in [0.05, 0.1) is 5.56 Å². The van der Waals surface area contributed by atoms with Crippen LogP contribution in [0.5, 0.6) is 0 Å². The van der Waals surface area contributed by atoms with E-state index in [2.05, 4.69) is 15.2 Å². The van der Waals surface area contributed by atoms with E-state index in [1.54, 1.807) is 6.20 Å². The number of aromatic nitrogens is 1. The summed E-state index contributed by atoms with van der Waals surface area (Å²) < 4.78 is 0. The summed E-state index contributed by atoms with van der Waals surface area (Å²) in [7, 11) is 1.84. The first kappa shape index (κ1) is 14.4. The van der Waals surface area contributed by atoms with Crippen LogP contribution in [0.25, 0.3) is 0 Å². The average Bonchev–Trinajstić information content (AvgIpc) is 2.62. The van der Waals surface area contributed by atoms with Gasteiger partial charge in [-0.15, -0.1) is 0 Å². The molecule has 1 saturated heterocycles. The molecule has 1 aliphatic heterocycles. The number of hydrogen-bond acceptors (Lipinski definition) is 4. The molecule has 1 amide bonds. The van der Waals surface area contributed by atoms with Crippen LogP contribution in [-0.2, 0) is 0 Å². The molecule has 1 N–H and O–H groups in total. The first-order valence-electron chi connectivity index (χ1n) is 7.51. The number of carbonyl (C=O) groups excluding carboxylic acids is 1. The van der Waals surface area contributed by atoms with Crippen LogP contribution in [0.1, 0.15) is 10.4 Å². The Hall–Kier alpha value is -2.56. The lowest BCUT2D eigenvalue weighted by Crippen LogP contribution is -2.49. The Morgan fingerprint density at radius 2 is 1.77 bits per heavy atom. The van der Waals surface area contributed by atoms with Crippen LogP contribution in [0.2, 0.25) is 0 Å². The Morgan fingerprint density at radius 1 is 1.05 bits per heavy atom. The third-order valence-corrected chi connectivity index (χ3v) is 3.97. The molecule has 0 bridgehead atoms. The highest BCUT2D eigenvalue weighted by molar-refractivity contribution is 5.99. The Labute approximate surface area is 130 Å². The number of anilines is 2. The third kappa shape index (κ3) is 2.88. The van der Waals surface area contributed by atoms with Crippen molar-refractivity contribution < 1.29 is 4.79 Å². The molecule has 0 aliphatic carbocycles. The number of hydrogen-bond donors (Lipinski definition) is 1. The predicted molar refractivity (Wildman–Crippen MR) is 88.3 cm³/mol. The molecule has 0 atom stereocenters. The molecule has 1 aliphatic rings. The minimum Gasteiger partial charge on any atom is -0.387 e. The Bertz CT molecular complexity index is 636. The minimum atomic E-state index is 0.0885. The van der Waals surface area contributed by atoms with Gasteiger partial charge in [-0.2, -0.15) is 0 Å². The largest absolute Gasteiger partial charge is 0.387 e. The van der Waals surface area contributed by atoms with E-state index in [9.17, 15) is 4.79 Å². The molecule has 1 aromatic heterocycles. The van der Waals surface area contributed by atoms with E-state index >= 15 is 0 Å². The van der Waals surface area contributed by atoms with Gasteiger partial charge < -0.3 is 15.1 Å². The lowest BCUT2D eigenvalue weighted by Gasteiger charge is -2.35. The number of rotatable bonds is 3. The van der Waals surface area contributed by atoms with E-state index in [4.69, 9.17) is 0 Å². The maximum atomic E-state index is 12.7. The molecule has 0 saturated carbocycles. The molecule has 2 heterocycles. The van der Waals surface area contributed by atoms with E-state index in [-0.39, 0.29) is 5.91 Å². The molecule has 3 rings (SSSR count). The fraction of sp³-hybridized carbons (Fsp3) is 0.294. The maximum absolute atomic E-state index is 12.7. The molecule has 0 spiro atoms. The highest BCUT2D eigenvalue weighted by atomic mass is 16.2. The van der Waals surface area contributed by atoms with Crippen molar-refractivity contribution in [3.05, 3.63) is 54.2 Å². The smallest absolute Gasteiger partial charge is 0.256 e. The van der Waals surface area contributed by atoms with Gasteiger partial charge >= 0.3 is 0 Å². The molecule has 5 nitrogen and oxygen atoms in total. The van der Waals surface area contributed by atoms with Crippen LogP contribution in [-0.4, -0.2) is 49.0 Å². The van der Waals surface area contributed by atoms with Crippen LogP contribution in [0.3, 0.4) is 0 Å². The van der Waals surface area contributed by atoms with Gasteiger partial charge in [0, 0.05) is 45.1 Å². The summed E-state index contributed by atoms with van der Waals surface area (Å²) in [6.07, 6.45) is 1.80. The molecular weight excluding hydrogens is 276 g/mol. The standard InChI is InChI=1S/C17H20N4O/c1-18-15-7-3-2-6-14(15)17(22)21-12-10-20(11-13-21)16-8-4-5-9-19-16/h2-9,18H,10-13H2,1H3.